The third-order valence-corrected chi connectivity index (χ3v) is 16.6. The van der Waals surface area contributed by atoms with Crippen LogP contribution in [0.5, 0.6) is 0 Å². The van der Waals surface area contributed by atoms with Gasteiger partial charge in [0.1, 0.15) is 0 Å². The van der Waals surface area contributed by atoms with Gasteiger partial charge in [-0.15, -0.1) is 0 Å². The summed E-state index contributed by atoms with van der Waals surface area (Å²) in [5.41, 5.74) is 11.8. The van der Waals surface area contributed by atoms with Crippen molar-refractivity contribution < 1.29 is 46.1 Å². The van der Waals surface area contributed by atoms with Gasteiger partial charge in [-0.3, -0.25) is 0 Å². The summed E-state index contributed by atoms with van der Waals surface area (Å²) in [4.78, 5) is 0. The van der Waals surface area contributed by atoms with Crippen LogP contribution in [-0.2, 0) is 27.7 Å². The monoisotopic (exact) mass is 626 g/mol. The van der Waals surface area contributed by atoms with Gasteiger partial charge >= 0.3 is 231 Å². The smallest absolute Gasteiger partial charge is 1.00 e. The third kappa shape index (κ3) is 5.39. The molecule has 3 heteroatoms. The zero-order chi connectivity index (χ0) is 25.5. The number of rotatable bonds is 5. The number of benzene rings is 4. The summed E-state index contributed by atoms with van der Waals surface area (Å²) in [5, 5.41) is 0. The van der Waals surface area contributed by atoms with Gasteiger partial charge in [-0.05, 0) is 0 Å². The maximum absolute atomic E-state index is 2.68. The van der Waals surface area contributed by atoms with Crippen LogP contribution in [0.25, 0.3) is 11.1 Å². The van der Waals surface area contributed by atoms with Crippen molar-refractivity contribution in [2.75, 3.05) is 0 Å². The van der Waals surface area contributed by atoms with Crippen molar-refractivity contribution in [3.63, 3.8) is 0 Å². The van der Waals surface area contributed by atoms with Gasteiger partial charge in [0.2, 0.25) is 0 Å². The van der Waals surface area contributed by atoms with E-state index in [9.17, 15) is 0 Å². The quantitative estimate of drug-likeness (QED) is 0.281. The normalized spacial score (nSPS) is 15.0. The number of hydrogen-bond donors (Lipinski definition) is 0. The van der Waals surface area contributed by atoms with Crippen LogP contribution in [0.3, 0.4) is 0 Å². The Morgan fingerprint density at radius 1 is 0.718 bits per heavy atom. The fourth-order valence-electron chi connectivity index (χ4n) is 6.49. The number of fused-ring (bicyclic) bond motifs is 3. The molecule has 0 fully saturated rings. The standard InChI is InChI=1S/C13H9.C13H10.C10H15.2ClH.Zr/c1-3-7-12-10(5-1)9-11-6-2-4-8-13(11)12;1-3-7-12(8-4-1)11-13-9-5-2-6-10-13;1-7(2)10-6-8(3)5-9(10)4;;;/h1-5,7-8H,9H2;1-10H;6-8H,1-4H3;2*1H;/q;;;;;+2/p-2. The molecule has 0 spiro atoms. The van der Waals surface area contributed by atoms with Crippen molar-refractivity contribution in [1.82, 2.24) is 0 Å². The van der Waals surface area contributed by atoms with Crippen LogP contribution in [0.1, 0.15) is 49.9 Å². The number of hydrogen-bond acceptors (Lipinski definition) is 0. The van der Waals surface area contributed by atoms with Gasteiger partial charge in [0, 0.05) is 0 Å². The molecule has 0 nitrogen and oxygen atoms in total. The van der Waals surface area contributed by atoms with Gasteiger partial charge in [-0.2, -0.15) is 0 Å². The summed E-state index contributed by atoms with van der Waals surface area (Å²) in [7, 11) is 0. The van der Waals surface area contributed by atoms with E-state index in [2.05, 4.69) is 137 Å². The molecule has 0 heterocycles. The first-order valence-electron chi connectivity index (χ1n) is 13.5. The first kappa shape index (κ1) is 29.7. The Labute approximate surface area is 253 Å². The van der Waals surface area contributed by atoms with Crippen molar-refractivity contribution in [2.24, 2.45) is 11.8 Å². The number of allylic oxidation sites excluding steroid dienone is 4. The van der Waals surface area contributed by atoms with E-state index in [0.29, 0.717) is 11.8 Å². The maximum Gasteiger partial charge on any atom is -1.00 e. The molecule has 2 aliphatic rings. The molecule has 0 saturated carbocycles. The molecule has 4 aromatic rings. The Bertz CT molecular complexity index is 1540. The summed E-state index contributed by atoms with van der Waals surface area (Å²) in [6.07, 6.45) is 3.62. The predicted octanol–water partition coefficient (Wildman–Crippen LogP) is 2.28. The minimum absolute atomic E-state index is 0. The van der Waals surface area contributed by atoms with E-state index < -0.39 is 21.3 Å². The molecule has 1 unspecified atom stereocenters. The molecule has 0 saturated heterocycles. The zero-order valence-corrected chi connectivity index (χ0v) is 27.0. The topological polar surface area (TPSA) is 0 Å². The SMILES string of the molecule is CC1=[C]([Zr+2](=[C](c2ccccc2)c2ccccc2)[c]2cccc3c2Cc2ccccc2-3)C(C)C=C1C(C)C.[Cl-].[Cl-]. The molecule has 0 amide bonds. The molecule has 6 rings (SSSR count). The van der Waals surface area contributed by atoms with E-state index >= 15 is 0 Å². The second-order valence-electron chi connectivity index (χ2n) is 10.8. The van der Waals surface area contributed by atoms with Crippen LogP contribution >= 0.6 is 0 Å². The molecular weight excluding hydrogens is 595 g/mol. The molecular formula is C36H34Cl2Zr. The van der Waals surface area contributed by atoms with E-state index in [-0.39, 0.29) is 24.8 Å². The molecule has 39 heavy (non-hydrogen) atoms. The van der Waals surface area contributed by atoms with E-state index in [1.54, 1.807) is 26.5 Å². The van der Waals surface area contributed by atoms with Crippen molar-refractivity contribution in [1.29, 1.82) is 0 Å². The van der Waals surface area contributed by atoms with Crippen molar-refractivity contribution in [3.05, 3.63) is 146 Å². The van der Waals surface area contributed by atoms with Crippen LogP contribution in [0.15, 0.2) is 124 Å². The Kier molecular flexibility index (Phi) is 9.49. The molecule has 0 radical (unpaired) electrons. The van der Waals surface area contributed by atoms with E-state index in [1.807, 2.05) is 0 Å². The Morgan fingerprint density at radius 2 is 1.28 bits per heavy atom. The van der Waals surface area contributed by atoms with Gasteiger partial charge in [0.25, 0.3) is 0 Å². The molecule has 0 bridgehead atoms. The van der Waals surface area contributed by atoms with Crippen LogP contribution in [0, 0.1) is 11.8 Å². The van der Waals surface area contributed by atoms with E-state index in [1.165, 1.54) is 27.8 Å². The predicted molar refractivity (Wildman–Crippen MR) is 155 cm³/mol. The summed E-state index contributed by atoms with van der Waals surface area (Å²) < 4.78 is 5.00. The molecule has 2 aliphatic carbocycles. The van der Waals surface area contributed by atoms with Crippen LogP contribution in [0.4, 0.5) is 0 Å². The minimum Gasteiger partial charge on any atom is -1.00 e. The first-order valence-corrected chi connectivity index (χ1v) is 17.2. The van der Waals surface area contributed by atoms with Crippen LogP contribution in [0.2, 0.25) is 0 Å². The molecule has 0 aromatic heterocycles. The molecule has 1 atom stereocenters. The van der Waals surface area contributed by atoms with Crippen LogP contribution in [-0.4, -0.2) is 3.21 Å². The average Bonchev–Trinajstić information content (AvgIpc) is 3.45. The van der Waals surface area contributed by atoms with Gasteiger partial charge in [-0.25, -0.2) is 0 Å². The summed E-state index contributed by atoms with van der Waals surface area (Å²) in [5.74, 6) is 1.03. The summed E-state index contributed by atoms with van der Waals surface area (Å²) >= 11 is -2.68. The van der Waals surface area contributed by atoms with E-state index in [4.69, 9.17) is 0 Å². The second-order valence-corrected chi connectivity index (χ2v) is 16.5. The summed E-state index contributed by atoms with van der Waals surface area (Å²) in [6.45, 7) is 9.56. The molecule has 4 aromatic carbocycles. The van der Waals surface area contributed by atoms with Gasteiger partial charge in [-0.1, -0.05) is 0 Å². The van der Waals surface area contributed by atoms with Crippen molar-refractivity contribution >= 4 is 6.48 Å². The average molecular weight is 629 g/mol. The van der Waals surface area contributed by atoms with Gasteiger partial charge < -0.3 is 24.8 Å². The minimum atomic E-state index is -2.68. The Hall–Kier alpha value is -2.31. The molecule has 196 valence electrons. The van der Waals surface area contributed by atoms with E-state index in [0.717, 1.165) is 6.42 Å². The second kappa shape index (κ2) is 12.5. The van der Waals surface area contributed by atoms with Crippen LogP contribution < -0.4 is 28.1 Å². The Balaban J connectivity index is 0.00000176. The maximum atomic E-state index is 2.57. The van der Waals surface area contributed by atoms with Gasteiger partial charge in [0.15, 0.2) is 0 Å². The number of halogens is 2. The van der Waals surface area contributed by atoms with Crippen molar-refractivity contribution in [3.8, 4) is 11.1 Å². The summed E-state index contributed by atoms with van der Waals surface area (Å²) in [6, 6.07) is 38.7. The largest absolute Gasteiger partial charge is 1.00 e. The third-order valence-electron chi connectivity index (χ3n) is 8.11. The first-order chi connectivity index (χ1) is 18.0. The molecule has 0 N–H and O–H groups in total. The zero-order valence-electron chi connectivity index (χ0n) is 23.0. The molecule has 0 aliphatic heterocycles. The van der Waals surface area contributed by atoms with Gasteiger partial charge in [0.05, 0.1) is 0 Å². The van der Waals surface area contributed by atoms with Crippen molar-refractivity contribution in [2.45, 2.75) is 34.1 Å². The Morgan fingerprint density at radius 3 is 1.87 bits per heavy atom. The fourth-order valence-corrected chi connectivity index (χ4v) is 15.3. The fraction of sp³-hybridized carbons (Fsp3) is 0.194.